The van der Waals surface area contributed by atoms with E-state index in [1.807, 2.05) is 31.2 Å². The molecular formula is C13H11Cl2NO. The van der Waals surface area contributed by atoms with Gasteiger partial charge < -0.3 is 4.74 Å². The Morgan fingerprint density at radius 1 is 1.18 bits per heavy atom. The first-order valence-corrected chi connectivity index (χ1v) is 5.84. The number of pyridine rings is 1. The Morgan fingerprint density at radius 3 is 2.65 bits per heavy atom. The van der Waals surface area contributed by atoms with Gasteiger partial charge in [0.05, 0.1) is 22.8 Å². The van der Waals surface area contributed by atoms with E-state index >= 15 is 0 Å². The van der Waals surface area contributed by atoms with Crippen molar-refractivity contribution in [1.29, 1.82) is 0 Å². The van der Waals surface area contributed by atoms with Crippen molar-refractivity contribution < 1.29 is 4.74 Å². The predicted octanol–water partition coefficient (Wildman–Crippen LogP) is 4.37. The molecule has 2 nitrogen and oxygen atoms in total. The quantitative estimate of drug-likeness (QED) is 0.806. The van der Waals surface area contributed by atoms with E-state index in [9.17, 15) is 0 Å². The molecule has 0 bridgehead atoms. The molecular weight excluding hydrogens is 257 g/mol. The van der Waals surface area contributed by atoms with Gasteiger partial charge in [-0.2, -0.15) is 0 Å². The van der Waals surface area contributed by atoms with E-state index in [-0.39, 0.29) is 0 Å². The maximum Gasteiger partial charge on any atom is 0.122 e. The first kappa shape index (κ1) is 12.2. The molecule has 0 aliphatic heterocycles. The SMILES string of the molecule is COc1cc(C)nc(-c2cccc(Cl)c2Cl)c1. The van der Waals surface area contributed by atoms with E-state index in [0.29, 0.717) is 10.0 Å². The van der Waals surface area contributed by atoms with Crippen molar-refractivity contribution in [2.75, 3.05) is 7.11 Å². The number of aromatic nitrogens is 1. The average molecular weight is 268 g/mol. The zero-order valence-corrected chi connectivity index (χ0v) is 11.0. The first-order chi connectivity index (χ1) is 8.11. The van der Waals surface area contributed by atoms with Gasteiger partial charge in [0.1, 0.15) is 5.75 Å². The van der Waals surface area contributed by atoms with Crippen LogP contribution in [0.15, 0.2) is 30.3 Å². The summed E-state index contributed by atoms with van der Waals surface area (Å²) < 4.78 is 5.21. The van der Waals surface area contributed by atoms with Crippen molar-refractivity contribution in [2.24, 2.45) is 0 Å². The van der Waals surface area contributed by atoms with Crippen LogP contribution >= 0.6 is 23.2 Å². The van der Waals surface area contributed by atoms with Gasteiger partial charge in [0.2, 0.25) is 0 Å². The number of hydrogen-bond acceptors (Lipinski definition) is 2. The molecule has 88 valence electrons. The van der Waals surface area contributed by atoms with Gasteiger partial charge in [-0.05, 0) is 13.0 Å². The van der Waals surface area contributed by atoms with Crippen molar-refractivity contribution in [3.05, 3.63) is 46.1 Å². The third-order valence-electron chi connectivity index (χ3n) is 2.39. The van der Waals surface area contributed by atoms with Gasteiger partial charge in [-0.3, -0.25) is 4.98 Å². The second-order valence-corrected chi connectivity index (χ2v) is 4.42. The number of aryl methyl sites for hydroxylation is 1. The van der Waals surface area contributed by atoms with Crippen LogP contribution in [0, 0.1) is 6.92 Å². The standard InChI is InChI=1S/C13H11Cl2NO/c1-8-6-9(17-2)7-12(16-8)10-4-3-5-11(14)13(10)15/h3-7H,1-2H3. The fourth-order valence-corrected chi connectivity index (χ4v) is 1.99. The number of methoxy groups -OCH3 is 1. The Bertz CT molecular complexity index is 555. The molecule has 1 aromatic heterocycles. The van der Waals surface area contributed by atoms with E-state index < -0.39 is 0 Å². The largest absolute Gasteiger partial charge is 0.497 e. The molecule has 0 spiro atoms. The van der Waals surface area contributed by atoms with Crippen molar-refractivity contribution in [3.63, 3.8) is 0 Å². The molecule has 0 unspecified atom stereocenters. The molecule has 0 aliphatic carbocycles. The number of ether oxygens (including phenoxy) is 1. The lowest BCUT2D eigenvalue weighted by atomic mass is 10.1. The maximum absolute atomic E-state index is 6.16. The summed E-state index contributed by atoms with van der Waals surface area (Å²) in [6.45, 7) is 1.91. The molecule has 4 heteroatoms. The van der Waals surface area contributed by atoms with Crippen LogP contribution in [-0.4, -0.2) is 12.1 Å². The number of hydrogen-bond donors (Lipinski definition) is 0. The predicted molar refractivity (Wildman–Crippen MR) is 71.0 cm³/mol. The highest BCUT2D eigenvalue weighted by molar-refractivity contribution is 6.43. The molecule has 0 atom stereocenters. The molecule has 0 N–H and O–H groups in total. The van der Waals surface area contributed by atoms with E-state index in [2.05, 4.69) is 4.98 Å². The summed E-state index contributed by atoms with van der Waals surface area (Å²) >= 11 is 12.1. The van der Waals surface area contributed by atoms with Crippen LogP contribution in [0.5, 0.6) is 5.75 Å². The normalized spacial score (nSPS) is 10.4. The van der Waals surface area contributed by atoms with E-state index in [1.54, 1.807) is 13.2 Å². The van der Waals surface area contributed by atoms with Gasteiger partial charge in [-0.25, -0.2) is 0 Å². The van der Waals surface area contributed by atoms with Gasteiger partial charge in [-0.1, -0.05) is 35.3 Å². The van der Waals surface area contributed by atoms with Crippen LogP contribution in [0.1, 0.15) is 5.69 Å². The zero-order valence-electron chi connectivity index (χ0n) is 9.50. The summed E-state index contributed by atoms with van der Waals surface area (Å²) in [5, 5.41) is 1.03. The highest BCUT2D eigenvalue weighted by Gasteiger charge is 2.09. The Balaban J connectivity index is 2.60. The molecule has 1 aromatic carbocycles. The van der Waals surface area contributed by atoms with Crippen molar-refractivity contribution in [2.45, 2.75) is 6.92 Å². The van der Waals surface area contributed by atoms with Gasteiger partial charge in [0.25, 0.3) is 0 Å². The Hall–Kier alpha value is -1.25. The minimum atomic E-state index is 0.509. The summed E-state index contributed by atoms with van der Waals surface area (Å²) in [7, 11) is 1.62. The highest BCUT2D eigenvalue weighted by Crippen LogP contribution is 2.33. The lowest BCUT2D eigenvalue weighted by Crippen LogP contribution is -1.91. The van der Waals surface area contributed by atoms with Gasteiger partial charge in [0, 0.05) is 23.4 Å². The molecule has 0 saturated carbocycles. The second-order valence-electron chi connectivity index (χ2n) is 3.63. The van der Waals surface area contributed by atoms with E-state index in [0.717, 1.165) is 22.7 Å². The van der Waals surface area contributed by atoms with Gasteiger partial charge in [-0.15, -0.1) is 0 Å². The molecule has 1 heterocycles. The summed E-state index contributed by atoms with van der Waals surface area (Å²) in [6, 6.07) is 9.18. The second kappa shape index (κ2) is 4.94. The molecule has 17 heavy (non-hydrogen) atoms. The molecule has 0 fully saturated rings. The van der Waals surface area contributed by atoms with Crippen LogP contribution < -0.4 is 4.74 Å². The fraction of sp³-hybridized carbons (Fsp3) is 0.154. The van der Waals surface area contributed by atoms with Crippen molar-refractivity contribution >= 4 is 23.2 Å². The van der Waals surface area contributed by atoms with Crippen LogP contribution in [0.25, 0.3) is 11.3 Å². The molecule has 0 saturated heterocycles. The van der Waals surface area contributed by atoms with Gasteiger partial charge in [0.15, 0.2) is 0 Å². The number of benzene rings is 1. The van der Waals surface area contributed by atoms with Gasteiger partial charge >= 0.3 is 0 Å². The fourth-order valence-electron chi connectivity index (χ4n) is 1.59. The van der Waals surface area contributed by atoms with Crippen LogP contribution in [0.2, 0.25) is 10.0 Å². The van der Waals surface area contributed by atoms with Crippen LogP contribution in [0.4, 0.5) is 0 Å². The molecule has 2 rings (SSSR count). The molecule has 0 aliphatic rings. The Labute approximate surface area is 110 Å². The van der Waals surface area contributed by atoms with Crippen LogP contribution in [0.3, 0.4) is 0 Å². The van der Waals surface area contributed by atoms with E-state index in [4.69, 9.17) is 27.9 Å². The molecule has 2 aromatic rings. The first-order valence-electron chi connectivity index (χ1n) is 5.09. The lowest BCUT2D eigenvalue weighted by Gasteiger charge is -2.08. The topological polar surface area (TPSA) is 22.1 Å². The third-order valence-corrected chi connectivity index (χ3v) is 3.21. The molecule has 0 amide bonds. The number of halogens is 2. The number of nitrogens with zero attached hydrogens (tertiary/aromatic N) is 1. The summed E-state index contributed by atoms with van der Waals surface area (Å²) in [6.07, 6.45) is 0. The number of rotatable bonds is 2. The van der Waals surface area contributed by atoms with Crippen molar-refractivity contribution in [1.82, 2.24) is 4.98 Å². The third kappa shape index (κ3) is 2.54. The zero-order chi connectivity index (χ0) is 12.4. The smallest absolute Gasteiger partial charge is 0.122 e. The van der Waals surface area contributed by atoms with E-state index in [1.165, 1.54) is 0 Å². The molecule has 0 radical (unpaired) electrons. The van der Waals surface area contributed by atoms with Crippen LogP contribution in [-0.2, 0) is 0 Å². The highest BCUT2D eigenvalue weighted by atomic mass is 35.5. The Kier molecular flexibility index (Phi) is 3.55. The minimum absolute atomic E-state index is 0.509. The summed E-state index contributed by atoms with van der Waals surface area (Å²) in [5.41, 5.74) is 2.44. The minimum Gasteiger partial charge on any atom is -0.497 e. The Morgan fingerprint density at radius 2 is 1.94 bits per heavy atom. The lowest BCUT2D eigenvalue weighted by molar-refractivity contribution is 0.414. The maximum atomic E-state index is 6.16. The summed E-state index contributed by atoms with van der Waals surface area (Å²) in [4.78, 5) is 4.43. The monoisotopic (exact) mass is 267 g/mol. The van der Waals surface area contributed by atoms with Crippen molar-refractivity contribution in [3.8, 4) is 17.0 Å². The average Bonchev–Trinajstić information content (AvgIpc) is 2.31. The summed E-state index contributed by atoms with van der Waals surface area (Å²) in [5.74, 6) is 0.753.